The number of aromatic nitrogens is 1. The molecule has 1 heterocycles. The predicted octanol–water partition coefficient (Wildman–Crippen LogP) is 2.31. The number of esters is 1. The molecule has 2 aromatic rings. The Balaban J connectivity index is 2.18. The maximum absolute atomic E-state index is 12.9. The molecule has 120 valence electrons. The molecule has 0 aliphatic rings. The fourth-order valence-corrected chi connectivity index (χ4v) is 2.02. The molecular weight excluding hydrogens is 299 g/mol. The van der Waals surface area contributed by atoms with Gasteiger partial charge in [-0.15, -0.1) is 0 Å². The van der Waals surface area contributed by atoms with Gasteiger partial charge < -0.3 is 9.64 Å². The van der Waals surface area contributed by atoms with Gasteiger partial charge in [-0.2, -0.15) is 0 Å². The van der Waals surface area contributed by atoms with Crippen LogP contribution in [-0.2, 0) is 27.4 Å². The maximum Gasteiger partial charge on any atom is 0.397 e. The second-order valence-corrected chi connectivity index (χ2v) is 4.84. The molecule has 5 nitrogen and oxygen atoms in total. The summed E-state index contributed by atoms with van der Waals surface area (Å²) in [4.78, 5) is 29.2. The van der Waals surface area contributed by atoms with Gasteiger partial charge in [0.15, 0.2) is 0 Å². The highest BCUT2D eigenvalue weighted by Gasteiger charge is 2.23. The Labute approximate surface area is 133 Å². The van der Waals surface area contributed by atoms with Crippen LogP contribution in [0.4, 0.5) is 4.39 Å². The van der Waals surface area contributed by atoms with Gasteiger partial charge in [-0.1, -0.05) is 30.3 Å². The molecule has 0 saturated heterocycles. The van der Waals surface area contributed by atoms with Gasteiger partial charge in [-0.05, 0) is 24.6 Å². The number of rotatable bonds is 5. The molecule has 0 fully saturated rings. The molecule has 0 spiro atoms. The van der Waals surface area contributed by atoms with Crippen LogP contribution < -0.4 is 0 Å². The smallest absolute Gasteiger partial charge is 0.397 e. The van der Waals surface area contributed by atoms with E-state index in [1.54, 1.807) is 6.92 Å². The van der Waals surface area contributed by atoms with Gasteiger partial charge >= 0.3 is 11.9 Å². The van der Waals surface area contributed by atoms with Crippen molar-refractivity contribution in [2.45, 2.75) is 20.0 Å². The number of ether oxygens (including phenoxy) is 1. The van der Waals surface area contributed by atoms with E-state index < -0.39 is 17.7 Å². The molecule has 0 radical (unpaired) electrons. The SMILES string of the molecule is CCOC(=O)C(=O)N(Cc1ccccc1)Cc1ccc(F)cn1. The van der Waals surface area contributed by atoms with Gasteiger partial charge in [0.1, 0.15) is 5.82 Å². The van der Waals surface area contributed by atoms with Gasteiger partial charge in [0.05, 0.1) is 25.0 Å². The first-order valence-corrected chi connectivity index (χ1v) is 7.20. The van der Waals surface area contributed by atoms with Gasteiger partial charge in [0, 0.05) is 6.54 Å². The van der Waals surface area contributed by atoms with Crippen LogP contribution in [0.5, 0.6) is 0 Å². The number of benzene rings is 1. The molecule has 0 N–H and O–H groups in total. The summed E-state index contributed by atoms with van der Waals surface area (Å²) in [5.74, 6) is -2.12. The standard InChI is InChI=1S/C17H17FN2O3/c1-2-23-17(22)16(21)20(11-13-6-4-3-5-7-13)12-15-9-8-14(18)10-19-15/h3-10H,2,11-12H2,1H3. The Morgan fingerprint density at radius 3 is 2.48 bits per heavy atom. The third-order valence-corrected chi connectivity index (χ3v) is 3.10. The molecular formula is C17H17FN2O3. The molecule has 0 saturated carbocycles. The molecule has 6 heteroatoms. The second-order valence-electron chi connectivity index (χ2n) is 4.84. The van der Waals surface area contributed by atoms with Crippen molar-refractivity contribution in [3.05, 3.63) is 65.7 Å². The van der Waals surface area contributed by atoms with Crippen LogP contribution in [0.1, 0.15) is 18.2 Å². The van der Waals surface area contributed by atoms with Crippen LogP contribution >= 0.6 is 0 Å². The van der Waals surface area contributed by atoms with Gasteiger partial charge in [0.2, 0.25) is 0 Å². The fourth-order valence-electron chi connectivity index (χ4n) is 2.02. The van der Waals surface area contributed by atoms with E-state index in [4.69, 9.17) is 4.74 Å². The number of nitrogens with zero attached hydrogens (tertiary/aromatic N) is 2. The summed E-state index contributed by atoms with van der Waals surface area (Å²) < 4.78 is 17.7. The van der Waals surface area contributed by atoms with Crippen molar-refractivity contribution < 1.29 is 18.7 Å². The maximum atomic E-state index is 12.9. The summed E-state index contributed by atoms with van der Waals surface area (Å²) in [6.07, 6.45) is 1.07. The normalized spacial score (nSPS) is 10.2. The van der Waals surface area contributed by atoms with Crippen molar-refractivity contribution >= 4 is 11.9 Å². The lowest BCUT2D eigenvalue weighted by molar-refractivity contribution is -0.160. The van der Waals surface area contributed by atoms with E-state index in [2.05, 4.69) is 4.98 Å². The first-order chi connectivity index (χ1) is 11.1. The highest BCUT2D eigenvalue weighted by Crippen LogP contribution is 2.10. The largest absolute Gasteiger partial charge is 0.459 e. The zero-order valence-electron chi connectivity index (χ0n) is 12.7. The van der Waals surface area contributed by atoms with Crippen LogP contribution in [0.25, 0.3) is 0 Å². The molecule has 23 heavy (non-hydrogen) atoms. The van der Waals surface area contributed by atoms with Crippen molar-refractivity contribution in [1.82, 2.24) is 9.88 Å². The van der Waals surface area contributed by atoms with E-state index in [0.717, 1.165) is 11.8 Å². The Morgan fingerprint density at radius 1 is 1.13 bits per heavy atom. The average molecular weight is 316 g/mol. The molecule has 1 aromatic carbocycles. The number of carbonyl (C=O) groups is 2. The van der Waals surface area contributed by atoms with Crippen molar-refractivity contribution in [2.75, 3.05) is 6.61 Å². The van der Waals surface area contributed by atoms with E-state index in [-0.39, 0.29) is 19.7 Å². The van der Waals surface area contributed by atoms with Gasteiger partial charge in [-0.3, -0.25) is 9.78 Å². The van der Waals surface area contributed by atoms with Gasteiger partial charge in [0.25, 0.3) is 0 Å². The van der Waals surface area contributed by atoms with Crippen LogP contribution in [0.3, 0.4) is 0 Å². The number of carbonyl (C=O) groups excluding carboxylic acids is 2. The zero-order valence-corrected chi connectivity index (χ0v) is 12.7. The topological polar surface area (TPSA) is 59.5 Å². The Morgan fingerprint density at radius 2 is 1.87 bits per heavy atom. The average Bonchev–Trinajstić information content (AvgIpc) is 2.57. The zero-order chi connectivity index (χ0) is 16.7. The predicted molar refractivity (Wildman–Crippen MR) is 81.5 cm³/mol. The van der Waals surface area contributed by atoms with Gasteiger partial charge in [-0.25, -0.2) is 9.18 Å². The van der Waals surface area contributed by atoms with Crippen LogP contribution in [0, 0.1) is 5.82 Å². The molecule has 1 amide bonds. The highest BCUT2D eigenvalue weighted by molar-refractivity contribution is 6.32. The number of hydrogen-bond donors (Lipinski definition) is 0. The second kappa shape index (κ2) is 8.03. The summed E-state index contributed by atoms with van der Waals surface area (Å²) >= 11 is 0. The molecule has 0 aliphatic heterocycles. The van der Waals surface area contributed by atoms with E-state index in [1.165, 1.54) is 17.0 Å². The van der Waals surface area contributed by atoms with Crippen molar-refractivity contribution in [3.63, 3.8) is 0 Å². The van der Waals surface area contributed by atoms with Crippen molar-refractivity contribution in [1.29, 1.82) is 0 Å². The summed E-state index contributed by atoms with van der Waals surface area (Å²) in [5, 5.41) is 0. The molecule has 2 rings (SSSR count). The number of halogens is 1. The summed E-state index contributed by atoms with van der Waals surface area (Å²) in [5.41, 5.74) is 1.35. The number of amides is 1. The number of pyridine rings is 1. The summed E-state index contributed by atoms with van der Waals surface area (Å²) in [6.45, 7) is 2.08. The first-order valence-electron chi connectivity index (χ1n) is 7.20. The third kappa shape index (κ3) is 4.88. The minimum absolute atomic E-state index is 0.0901. The van der Waals surface area contributed by atoms with E-state index in [9.17, 15) is 14.0 Å². The van der Waals surface area contributed by atoms with Crippen molar-refractivity contribution in [2.24, 2.45) is 0 Å². The van der Waals surface area contributed by atoms with Crippen molar-refractivity contribution in [3.8, 4) is 0 Å². The monoisotopic (exact) mass is 316 g/mol. The van der Waals surface area contributed by atoms with E-state index in [1.807, 2.05) is 30.3 Å². The summed E-state index contributed by atoms with van der Waals surface area (Å²) in [7, 11) is 0. The molecule has 1 aromatic heterocycles. The molecule has 0 aliphatic carbocycles. The lowest BCUT2D eigenvalue weighted by atomic mass is 10.2. The Hall–Kier alpha value is -2.76. The van der Waals surface area contributed by atoms with Crippen LogP contribution in [-0.4, -0.2) is 28.4 Å². The lowest BCUT2D eigenvalue weighted by Gasteiger charge is -2.21. The number of hydrogen-bond acceptors (Lipinski definition) is 4. The minimum atomic E-state index is -0.912. The fraction of sp³-hybridized carbons (Fsp3) is 0.235. The third-order valence-electron chi connectivity index (χ3n) is 3.10. The summed E-state index contributed by atoms with van der Waals surface area (Å²) in [6, 6.07) is 12.0. The first kappa shape index (κ1) is 16.6. The van der Waals surface area contributed by atoms with E-state index >= 15 is 0 Å². The Bertz CT molecular complexity index is 659. The Kier molecular flexibility index (Phi) is 5.80. The van der Waals surface area contributed by atoms with Crippen LogP contribution in [0.2, 0.25) is 0 Å². The quantitative estimate of drug-likeness (QED) is 0.627. The molecule has 0 unspecified atom stereocenters. The molecule has 0 bridgehead atoms. The van der Waals surface area contributed by atoms with Crippen LogP contribution in [0.15, 0.2) is 48.7 Å². The van der Waals surface area contributed by atoms with E-state index in [0.29, 0.717) is 5.69 Å². The molecule has 0 atom stereocenters. The lowest BCUT2D eigenvalue weighted by Crippen LogP contribution is -2.37. The minimum Gasteiger partial charge on any atom is -0.459 e. The highest BCUT2D eigenvalue weighted by atomic mass is 19.1.